The number of ketones is 1. The van der Waals surface area contributed by atoms with Crippen molar-refractivity contribution in [1.82, 2.24) is 4.98 Å². The Bertz CT molecular complexity index is 588. The third kappa shape index (κ3) is 3.04. The Morgan fingerprint density at radius 2 is 2.11 bits per heavy atom. The van der Waals surface area contributed by atoms with E-state index in [1.54, 1.807) is 12.1 Å². The topological polar surface area (TPSA) is 59.4 Å². The Morgan fingerprint density at radius 1 is 1.32 bits per heavy atom. The van der Waals surface area contributed by atoms with E-state index in [-0.39, 0.29) is 11.3 Å². The van der Waals surface area contributed by atoms with Crippen LogP contribution in [0.25, 0.3) is 0 Å². The lowest BCUT2D eigenvalue weighted by Gasteiger charge is -2.07. The molecule has 1 N–H and O–H groups in total. The maximum atomic E-state index is 12.0. The van der Waals surface area contributed by atoms with Crippen LogP contribution in [0.4, 0.5) is 8.78 Å². The summed E-state index contributed by atoms with van der Waals surface area (Å²) in [5.41, 5.74) is 0.287. The molecule has 0 aliphatic carbocycles. The molecule has 0 saturated heterocycles. The number of phenols is 1. The van der Waals surface area contributed by atoms with E-state index in [0.717, 1.165) is 6.07 Å². The normalized spacial score (nSPS) is 10.5. The zero-order valence-corrected chi connectivity index (χ0v) is 9.59. The lowest BCUT2D eigenvalue weighted by molar-refractivity contribution is -0.0499. The number of alkyl halides is 2. The van der Waals surface area contributed by atoms with Crippen molar-refractivity contribution >= 4 is 5.78 Å². The highest BCUT2D eigenvalue weighted by atomic mass is 19.3. The first-order valence-electron chi connectivity index (χ1n) is 5.30. The summed E-state index contributed by atoms with van der Waals surface area (Å²) in [7, 11) is 0. The Kier molecular flexibility index (Phi) is 3.70. The van der Waals surface area contributed by atoms with E-state index in [2.05, 4.69) is 9.72 Å². The van der Waals surface area contributed by atoms with Gasteiger partial charge in [0.05, 0.1) is 5.56 Å². The Morgan fingerprint density at radius 3 is 2.68 bits per heavy atom. The van der Waals surface area contributed by atoms with Gasteiger partial charge in [-0.25, -0.2) is 0 Å². The number of nitrogens with zero attached hydrogens (tertiary/aromatic N) is 1. The molecule has 1 aromatic carbocycles. The maximum absolute atomic E-state index is 12.0. The zero-order chi connectivity index (χ0) is 13.8. The fourth-order valence-electron chi connectivity index (χ4n) is 1.53. The molecule has 2 aromatic rings. The number of hydrogen-bond acceptors (Lipinski definition) is 4. The highest BCUT2D eigenvalue weighted by molar-refractivity contribution is 6.10. The molecule has 1 aromatic heterocycles. The SMILES string of the molecule is O=C(c1cccnc1)c1ccc(OC(F)F)cc1O. The largest absolute Gasteiger partial charge is 0.507 e. The quantitative estimate of drug-likeness (QED) is 0.863. The van der Waals surface area contributed by atoms with Crippen molar-refractivity contribution in [1.29, 1.82) is 0 Å². The van der Waals surface area contributed by atoms with Gasteiger partial charge in [0, 0.05) is 24.0 Å². The first kappa shape index (κ1) is 12.9. The van der Waals surface area contributed by atoms with Crippen molar-refractivity contribution in [3.63, 3.8) is 0 Å². The molecular formula is C13H9F2NO3. The van der Waals surface area contributed by atoms with Crippen molar-refractivity contribution in [2.45, 2.75) is 6.61 Å². The van der Waals surface area contributed by atoms with Crippen molar-refractivity contribution in [3.05, 3.63) is 53.9 Å². The molecule has 0 fully saturated rings. The van der Waals surface area contributed by atoms with E-state index in [0.29, 0.717) is 5.56 Å². The van der Waals surface area contributed by atoms with Gasteiger partial charge in [0.25, 0.3) is 0 Å². The molecule has 0 aliphatic heterocycles. The van der Waals surface area contributed by atoms with Gasteiger partial charge in [-0.15, -0.1) is 0 Å². The van der Waals surface area contributed by atoms with Gasteiger partial charge in [-0.1, -0.05) is 0 Å². The number of aromatic hydroxyl groups is 1. The minimum Gasteiger partial charge on any atom is -0.507 e. The second kappa shape index (κ2) is 5.43. The van der Waals surface area contributed by atoms with Crippen molar-refractivity contribution in [2.24, 2.45) is 0 Å². The predicted molar refractivity (Wildman–Crippen MR) is 62.4 cm³/mol. The van der Waals surface area contributed by atoms with Gasteiger partial charge in [-0.05, 0) is 24.3 Å². The highest BCUT2D eigenvalue weighted by Crippen LogP contribution is 2.26. The van der Waals surface area contributed by atoms with Gasteiger partial charge < -0.3 is 9.84 Å². The number of phenolic OH excluding ortho intramolecular Hbond substituents is 1. The smallest absolute Gasteiger partial charge is 0.387 e. The Balaban J connectivity index is 2.29. The summed E-state index contributed by atoms with van der Waals surface area (Å²) in [6, 6.07) is 6.50. The van der Waals surface area contributed by atoms with Gasteiger partial charge in [0.1, 0.15) is 11.5 Å². The van der Waals surface area contributed by atoms with Gasteiger partial charge in [0.15, 0.2) is 5.78 Å². The average molecular weight is 265 g/mol. The number of hydrogen-bond donors (Lipinski definition) is 1. The number of carbonyl (C=O) groups is 1. The van der Waals surface area contributed by atoms with Crippen LogP contribution in [0.2, 0.25) is 0 Å². The summed E-state index contributed by atoms with van der Waals surface area (Å²) in [6.45, 7) is -2.99. The zero-order valence-electron chi connectivity index (χ0n) is 9.59. The van der Waals surface area contributed by atoms with Crippen molar-refractivity contribution in [3.8, 4) is 11.5 Å². The number of aromatic nitrogens is 1. The van der Waals surface area contributed by atoms with Crippen LogP contribution in [0.5, 0.6) is 11.5 Å². The van der Waals surface area contributed by atoms with Crippen LogP contribution in [-0.4, -0.2) is 22.5 Å². The molecule has 6 heteroatoms. The van der Waals surface area contributed by atoms with Crippen molar-refractivity contribution in [2.75, 3.05) is 0 Å². The molecule has 0 unspecified atom stereocenters. The Labute approximate surface area is 107 Å². The number of pyridine rings is 1. The van der Waals surface area contributed by atoms with E-state index < -0.39 is 18.1 Å². The lowest BCUT2D eigenvalue weighted by Crippen LogP contribution is -2.04. The van der Waals surface area contributed by atoms with E-state index in [1.807, 2.05) is 0 Å². The molecule has 2 rings (SSSR count). The molecular weight excluding hydrogens is 256 g/mol. The number of halogens is 2. The lowest BCUT2D eigenvalue weighted by atomic mass is 10.0. The third-order valence-corrected chi connectivity index (χ3v) is 2.36. The van der Waals surface area contributed by atoms with Gasteiger partial charge in [0.2, 0.25) is 0 Å². The van der Waals surface area contributed by atoms with E-state index in [1.165, 1.54) is 24.5 Å². The molecule has 4 nitrogen and oxygen atoms in total. The fraction of sp³-hybridized carbons (Fsp3) is 0.0769. The first-order chi connectivity index (χ1) is 9.08. The first-order valence-corrected chi connectivity index (χ1v) is 5.30. The molecule has 0 atom stereocenters. The molecule has 0 aliphatic rings. The van der Waals surface area contributed by atoms with Gasteiger partial charge in [-0.2, -0.15) is 8.78 Å². The van der Waals surface area contributed by atoms with E-state index in [4.69, 9.17) is 0 Å². The van der Waals surface area contributed by atoms with Crippen molar-refractivity contribution < 1.29 is 23.4 Å². The van der Waals surface area contributed by atoms with Crippen LogP contribution < -0.4 is 4.74 Å². The monoisotopic (exact) mass is 265 g/mol. The molecule has 0 bridgehead atoms. The van der Waals surface area contributed by atoms with Crippen LogP contribution >= 0.6 is 0 Å². The summed E-state index contributed by atoms with van der Waals surface area (Å²) in [4.78, 5) is 15.8. The predicted octanol–water partition coefficient (Wildman–Crippen LogP) is 2.62. The van der Waals surface area contributed by atoms with Crippen LogP contribution in [0.3, 0.4) is 0 Å². The van der Waals surface area contributed by atoms with Crippen LogP contribution in [-0.2, 0) is 0 Å². The molecule has 0 spiro atoms. The van der Waals surface area contributed by atoms with Crippen LogP contribution in [0.15, 0.2) is 42.7 Å². The third-order valence-electron chi connectivity index (χ3n) is 2.36. The highest BCUT2D eigenvalue weighted by Gasteiger charge is 2.15. The molecule has 0 amide bonds. The molecule has 0 radical (unpaired) electrons. The molecule has 98 valence electrons. The van der Waals surface area contributed by atoms with E-state index >= 15 is 0 Å². The minimum absolute atomic E-state index is 0.00498. The molecule has 19 heavy (non-hydrogen) atoms. The van der Waals surface area contributed by atoms with Gasteiger partial charge in [-0.3, -0.25) is 9.78 Å². The summed E-state index contributed by atoms with van der Waals surface area (Å²) >= 11 is 0. The molecule has 0 saturated carbocycles. The van der Waals surface area contributed by atoms with Crippen LogP contribution in [0, 0.1) is 0 Å². The van der Waals surface area contributed by atoms with Gasteiger partial charge >= 0.3 is 6.61 Å². The fourth-order valence-corrected chi connectivity index (χ4v) is 1.53. The number of carbonyl (C=O) groups excluding carboxylic acids is 1. The number of rotatable bonds is 4. The van der Waals surface area contributed by atoms with E-state index in [9.17, 15) is 18.7 Å². The maximum Gasteiger partial charge on any atom is 0.387 e. The average Bonchev–Trinajstić information content (AvgIpc) is 2.38. The Hall–Kier alpha value is -2.50. The second-order valence-electron chi connectivity index (χ2n) is 3.63. The summed E-state index contributed by atoms with van der Waals surface area (Å²) < 4.78 is 28.1. The van der Waals surface area contributed by atoms with Crippen LogP contribution in [0.1, 0.15) is 15.9 Å². The number of benzene rings is 1. The standard InChI is InChI=1S/C13H9F2NO3/c14-13(15)19-9-3-4-10(11(17)6-9)12(18)8-2-1-5-16-7-8/h1-7,13,17H. The summed E-state index contributed by atoms with van der Waals surface area (Å²) in [5, 5.41) is 9.67. The second-order valence-corrected chi connectivity index (χ2v) is 3.63. The summed E-state index contributed by atoms with van der Waals surface area (Å²) in [6.07, 6.45) is 2.86. The minimum atomic E-state index is -2.99. The number of ether oxygens (including phenoxy) is 1. The summed E-state index contributed by atoms with van der Waals surface area (Å²) in [5.74, 6) is -1.09. The molecule has 1 heterocycles.